The summed E-state index contributed by atoms with van der Waals surface area (Å²) in [4.78, 5) is 13.9. The van der Waals surface area contributed by atoms with Gasteiger partial charge in [0.15, 0.2) is 0 Å². The summed E-state index contributed by atoms with van der Waals surface area (Å²) in [6.07, 6.45) is 3.40. The molecule has 1 amide bonds. The molecule has 1 rings (SSSR count). The first-order valence-electron chi connectivity index (χ1n) is 5.97. The zero-order valence-electron chi connectivity index (χ0n) is 11.1. The number of hydrogen-bond donors (Lipinski definition) is 1. The smallest absolute Gasteiger partial charge is 0.238 e. The fourth-order valence-electron chi connectivity index (χ4n) is 1.63. The number of nitrogens with zero attached hydrogens (tertiary/aromatic N) is 1. The first-order chi connectivity index (χ1) is 9.90. The van der Waals surface area contributed by atoms with Gasteiger partial charge >= 0.3 is 0 Å². The van der Waals surface area contributed by atoms with Crippen LogP contribution >= 0.6 is 46.4 Å². The summed E-state index contributed by atoms with van der Waals surface area (Å²) in [5.41, 5.74) is 0.206. The molecule has 1 aromatic carbocycles. The number of anilines is 1. The van der Waals surface area contributed by atoms with Crippen molar-refractivity contribution in [2.45, 2.75) is 0 Å². The number of hydrogen-bond acceptors (Lipinski definition) is 2. The Morgan fingerprint density at radius 2 is 1.57 bits per heavy atom. The topological polar surface area (TPSA) is 32.3 Å². The van der Waals surface area contributed by atoms with Crippen molar-refractivity contribution in [1.29, 1.82) is 0 Å². The van der Waals surface area contributed by atoms with Crippen molar-refractivity contribution < 1.29 is 4.79 Å². The number of amides is 1. The minimum absolute atomic E-state index is 0.134. The van der Waals surface area contributed by atoms with E-state index < -0.39 is 0 Å². The van der Waals surface area contributed by atoms with E-state index in [0.717, 1.165) is 0 Å². The molecule has 1 aromatic rings. The second kappa shape index (κ2) is 8.66. The Balaban J connectivity index is 2.88. The maximum absolute atomic E-state index is 12.1. The van der Waals surface area contributed by atoms with Gasteiger partial charge in [-0.1, -0.05) is 58.6 Å². The van der Waals surface area contributed by atoms with Gasteiger partial charge in [0.05, 0.1) is 32.3 Å². The van der Waals surface area contributed by atoms with Gasteiger partial charge in [-0.2, -0.15) is 0 Å². The molecule has 0 aromatic heterocycles. The van der Waals surface area contributed by atoms with Gasteiger partial charge in [-0.25, -0.2) is 0 Å². The predicted octanol–water partition coefficient (Wildman–Crippen LogP) is 4.91. The molecule has 0 saturated carbocycles. The number of carbonyl (C=O) groups excluding carboxylic acids is 1. The van der Waals surface area contributed by atoms with Crippen LogP contribution in [-0.4, -0.2) is 30.4 Å². The van der Waals surface area contributed by atoms with Gasteiger partial charge in [-0.3, -0.25) is 9.69 Å². The lowest BCUT2D eigenvalue weighted by Gasteiger charge is -2.19. The molecule has 114 valence electrons. The van der Waals surface area contributed by atoms with Crippen molar-refractivity contribution in [2.24, 2.45) is 0 Å². The van der Waals surface area contributed by atoms with E-state index in [0.29, 0.717) is 13.1 Å². The molecule has 3 nitrogen and oxygen atoms in total. The summed E-state index contributed by atoms with van der Waals surface area (Å²) in [6.45, 7) is 8.52. The van der Waals surface area contributed by atoms with Crippen molar-refractivity contribution in [3.05, 3.63) is 51.5 Å². The number of carbonyl (C=O) groups is 1. The monoisotopic (exact) mass is 366 g/mol. The lowest BCUT2D eigenvalue weighted by Crippen LogP contribution is -2.33. The largest absolute Gasteiger partial charge is 0.322 e. The predicted molar refractivity (Wildman–Crippen MR) is 91.9 cm³/mol. The van der Waals surface area contributed by atoms with E-state index in [1.807, 2.05) is 4.90 Å². The average molecular weight is 368 g/mol. The number of benzene rings is 1. The maximum atomic E-state index is 12.1. The lowest BCUT2D eigenvalue weighted by molar-refractivity contribution is -0.117. The molecule has 7 heteroatoms. The van der Waals surface area contributed by atoms with Gasteiger partial charge in [0.1, 0.15) is 0 Å². The summed E-state index contributed by atoms with van der Waals surface area (Å²) < 4.78 is 0. The highest BCUT2D eigenvalue weighted by atomic mass is 35.5. The molecule has 0 radical (unpaired) electrons. The van der Waals surface area contributed by atoms with Gasteiger partial charge in [0.25, 0.3) is 0 Å². The highest BCUT2D eigenvalue weighted by Crippen LogP contribution is 2.40. The highest BCUT2D eigenvalue weighted by Gasteiger charge is 2.17. The Kier molecular flexibility index (Phi) is 7.57. The molecule has 0 unspecified atom stereocenters. The van der Waals surface area contributed by atoms with E-state index in [9.17, 15) is 4.79 Å². The van der Waals surface area contributed by atoms with Gasteiger partial charge in [0.2, 0.25) is 5.91 Å². The Labute approximate surface area is 144 Å². The standard InChI is InChI=1S/C14H14Cl4N2O/c1-3-5-20(6-4-2)8-11(21)19-14-12(17)9(15)7-10(16)13(14)18/h3-4,7H,1-2,5-6,8H2,(H,19,21). The van der Waals surface area contributed by atoms with Crippen molar-refractivity contribution >= 4 is 58.0 Å². The lowest BCUT2D eigenvalue weighted by atomic mass is 10.3. The van der Waals surface area contributed by atoms with Crippen molar-refractivity contribution in [1.82, 2.24) is 4.90 Å². The number of nitrogens with one attached hydrogen (secondary N) is 1. The summed E-state index contributed by atoms with van der Waals surface area (Å²) >= 11 is 23.9. The van der Waals surface area contributed by atoms with Crippen LogP contribution in [0.1, 0.15) is 0 Å². The first-order valence-corrected chi connectivity index (χ1v) is 7.48. The number of halogens is 4. The molecule has 0 heterocycles. The van der Waals surface area contributed by atoms with Crippen molar-refractivity contribution in [3.63, 3.8) is 0 Å². The minimum atomic E-state index is -0.291. The first kappa shape index (κ1) is 18.3. The molecule has 0 aliphatic heterocycles. The SMILES string of the molecule is C=CCN(CC=C)CC(=O)Nc1c(Cl)c(Cl)cc(Cl)c1Cl. The third-order valence-electron chi connectivity index (χ3n) is 2.52. The average Bonchev–Trinajstić information content (AvgIpc) is 2.42. The van der Waals surface area contributed by atoms with E-state index in [4.69, 9.17) is 46.4 Å². The fourth-order valence-corrected chi connectivity index (χ4v) is 2.54. The highest BCUT2D eigenvalue weighted by molar-refractivity contribution is 6.50. The van der Waals surface area contributed by atoms with Crippen molar-refractivity contribution in [3.8, 4) is 0 Å². The van der Waals surface area contributed by atoms with Crippen LogP contribution in [0, 0.1) is 0 Å². The normalized spacial score (nSPS) is 10.5. The third-order valence-corrected chi connectivity index (χ3v) is 4.09. The molecule has 0 atom stereocenters. The summed E-state index contributed by atoms with van der Waals surface area (Å²) in [7, 11) is 0. The van der Waals surface area contributed by atoms with Crippen LogP contribution in [0.15, 0.2) is 31.4 Å². The number of rotatable bonds is 7. The Bertz CT molecular complexity index is 524. The van der Waals surface area contributed by atoms with E-state index in [1.165, 1.54) is 6.07 Å². The molecule has 0 bridgehead atoms. The summed E-state index contributed by atoms with van der Waals surface area (Å²) in [5, 5.41) is 3.36. The molecule has 0 spiro atoms. The molecule has 0 aliphatic carbocycles. The van der Waals surface area contributed by atoms with Crippen LogP contribution in [-0.2, 0) is 4.79 Å². The molecule has 21 heavy (non-hydrogen) atoms. The van der Waals surface area contributed by atoms with E-state index in [1.54, 1.807) is 12.2 Å². The Hall–Kier alpha value is -0.710. The molecular formula is C14H14Cl4N2O. The minimum Gasteiger partial charge on any atom is -0.322 e. The molecule has 0 aliphatic rings. The quantitative estimate of drug-likeness (QED) is 0.548. The summed E-state index contributed by atoms with van der Waals surface area (Å²) in [5.74, 6) is -0.291. The Morgan fingerprint density at radius 3 is 2.00 bits per heavy atom. The summed E-state index contributed by atoms with van der Waals surface area (Å²) in [6, 6.07) is 1.42. The third kappa shape index (κ3) is 5.20. The van der Waals surface area contributed by atoms with Crippen LogP contribution in [0.5, 0.6) is 0 Å². The molecule has 0 fully saturated rings. The van der Waals surface area contributed by atoms with Gasteiger partial charge < -0.3 is 5.32 Å². The van der Waals surface area contributed by atoms with Crippen LogP contribution in [0.2, 0.25) is 20.1 Å². The Morgan fingerprint density at radius 1 is 1.10 bits per heavy atom. The molecular weight excluding hydrogens is 354 g/mol. The van der Waals surface area contributed by atoms with Crippen LogP contribution in [0.25, 0.3) is 0 Å². The van der Waals surface area contributed by atoms with Crippen LogP contribution in [0.4, 0.5) is 5.69 Å². The zero-order chi connectivity index (χ0) is 16.0. The van der Waals surface area contributed by atoms with Gasteiger partial charge in [0, 0.05) is 13.1 Å². The molecule has 1 N–H and O–H groups in total. The van der Waals surface area contributed by atoms with Crippen LogP contribution in [0.3, 0.4) is 0 Å². The van der Waals surface area contributed by atoms with Gasteiger partial charge in [-0.15, -0.1) is 13.2 Å². The van der Waals surface area contributed by atoms with E-state index in [-0.39, 0.29) is 38.2 Å². The van der Waals surface area contributed by atoms with Gasteiger partial charge in [-0.05, 0) is 6.07 Å². The van der Waals surface area contributed by atoms with E-state index >= 15 is 0 Å². The zero-order valence-corrected chi connectivity index (χ0v) is 14.2. The second-order valence-electron chi connectivity index (χ2n) is 4.16. The molecule has 0 saturated heterocycles. The fraction of sp³-hybridized carbons (Fsp3) is 0.214. The van der Waals surface area contributed by atoms with Crippen molar-refractivity contribution in [2.75, 3.05) is 25.0 Å². The maximum Gasteiger partial charge on any atom is 0.238 e. The second-order valence-corrected chi connectivity index (χ2v) is 5.73. The van der Waals surface area contributed by atoms with E-state index in [2.05, 4.69) is 18.5 Å². The van der Waals surface area contributed by atoms with Crippen LogP contribution < -0.4 is 5.32 Å².